The molecule has 0 amide bonds. The molecular weight excluding hydrogens is 318 g/mol. The zero-order valence-electron chi connectivity index (χ0n) is 10.3. The first-order chi connectivity index (χ1) is 9.28. The summed E-state index contributed by atoms with van der Waals surface area (Å²) < 4.78 is 0.862. The molecule has 1 aliphatic carbocycles. The van der Waals surface area contributed by atoms with Gasteiger partial charge in [0.05, 0.1) is 5.56 Å². The van der Waals surface area contributed by atoms with Gasteiger partial charge in [-0.3, -0.25) is 0 Å². The molecule has 2 aromatic rings. The van der Waals surface area contributed by atoms with E-state index in [-0.39, 0.29) is 0 Å². The highest BCUT2D eigenvalue weighted by atomic mass is 79.9. The predicted octanol–water partition coefficient (Wildman–Crippen LogP) is 4.96. The van der Waals surface area contributed by atoms with E-state index in [0.29, 0.717) is 5.56 Å². The number of nitrogens with zero attached hydrogens (tertiary/aromatic N) is 1. The van der Waals surface area contributed by atoms with Crippen molar-refractivity contribution in [3.05, 3.63) is 57.6 Å². The van der Waals surface area contributed by atoms with Crippen molar-refractivity contribution in [2.75, 3.05) is 0 Å². The Morgan fingerprint density at radius 3 is 2.79 bits per heavy atom. The van der Waals surface area contributed by atoms with Crippen molar-refractivity contribution in [2.24, 2.45) is 0 Å². The lowest BCUT2D eigenvalue weighted by molar-refractivity contribution is 0.911. The van der Waals surface area contributed by atoms with Gasteiger partial charge in [0.25, 0.3) is 0 Å². The summed E-state index contributed by atoms with van der Waals surface area (Å²) in [6, 6.07) is 14.8. The summed E-state index contributed by atoms with van der Waals surface area (Å²) in [4.78, 5) is 2.23. The van der Waals surface area contributed by atoms with E-state index in [4.69, 9.17) is 0 Å². The predicted molar refractivity (Wildman–Crippen MR) is 81.4 cm³/mol. The minimum Gasteiger partial charge on any atom is -0.192 e. The van der Waals surface area contributed by atoms with Gasteiger partial charge in [0.2, 0.25) is 0 Å². The van der Waals surface area contributed by atoms with Gasteiger partial charge in [0.1, 0.15) is 6.07 Å². The lowest BCUT2D eigenvalue weighted by atomic mass is 10.1. The van der Waals surface area contributed by atoms with Crippen molar-refractivity contribution in [3.8, 4) is 6.07 Å². The van der Waals surface area contributed by atoms with Gasteiger partial charge in [0, 0.05) is 14.3 Å². The second-order valence-electron chi connectivity index (χ2n) is 4.61. The first-order valence-corrected chi connectivity index (χ1v) is 7.87. The van der Waals surface area contributed by atoms with Gasteiger partial charge in [-0.2, -0.15) is 5.26 Å². The van der Waals surface area contributed by atoms with Crippen molar-refractivity contribution >= 4 is 27.7 Å². The molecule has 0 N–H and O–H groups in total. The molecule has 0 unspecified atom stereocenters. The van der Waals surface area contributed by atoms with E-state index in [0.717, 1.165) is 9.37 Å². The van der Waals surface area contributed by atoms with Gasteiger partial charge in [-0.25, -0.2) is 0 Å². The van der Waals surface area contributed by atoms with E-state index in [9.17, 15) is 5.26 Å². The highest BCUT2D eigenvalue weighted by Gasteiger charge is 2.12. The molecule has 0 fully saturated rings. The first kappa shape index (κ1) is 12.8. The molecule has 0 spiro atoms. The average molecular weight is 330 g/mol. The van der Waals surface area contributed by atoms with Gasteiger partial charge < -0.3 is 0 Å². The van der Waals surface area contributed by atoms with Crippen LogP contribution < -0.4 is 0 Å². The van der Waals surface area contributed by atoms with Crippen molar-refractivity contribution in [3.63, 3.8) is 0 Å². The molecule has 0 saturated heterocycles. The van der Waals surface area contributed by atoms with Crippen LogP contribution in [0.2, 0.25) is 0 Å². The molecule has 0 aromatic heterocycles. The molecule has 0 bridgehead atoms. The summed E-state index contributed by atoms with van der Waals surface area (Å²) in [7, 11) is 0. The molecule has 2 aromatic carbocycles. The Morgan fingerprint density at radius 2 is 1.95 bits per heavy atom. The fourth-order valence-electron chi connectivity index (χ4n) is 2.44. The summed E-state index contributed by atoms with van der Waals surface area (Å²) in [5.74, 6) is 0. The SMILES string of the molecule is N#Cc1c(Br)cccc1Sc1ccc2c(c1)CCC2. The minimum absolute atomic E-state index is 0.716. The largest absolute Gasteiger partial charge is 0.192 e. The number of nitriles is 1. The fraction of sp³-hybridized carbons (Fsp3) is 0.188. The van der Waals surface area contributed by atoms with Gasteiger partial charge >= 0.3 is 0 Å². The lowest BCUT2D eigenvalue weighted by Crippen LogP contribution is -1.85. The van der Waals surface area contributed by atoms with E-state index in [2.05, 4.69) is 40.2 Å². The summed E-state index contributed by atoms with van der Waals surface area (Å²) in [6.45, 7) is 0. The van der Waals surface area contributed by atoms with E-state index < -0.39 is 0 Å². The van der Waals surface area contributed by atoms with Crippen LogP contribution in [0.4, 0.5) is 0 Å². The number of fused-ring (bicyclic) bond motifs is 1. The molecule has 3 heteroatoms. The van der Waals surface area contributed by atoms with Crippen LogP contribution in [0.25, 0.3) is 0 Å². The number of aryl methyl sites for hydroxylation is 2. The Balaban J connectivity index is 1.94. The highest BCUT2D eigenvalue weighted by molar-refractivity contribution is 9.10. The Bertz CT molecular complexity index is 673. The Kier molecular flexibility index (Phi) is 3.63. The van der Waals surface area contributed by atoms with Gasteiger partial charge in [-0.1, -0.05) is 23.9 Å². The van der Waals surface area contributed by atoms with Crippen LogP contribution >= 0.6 is 27.7 Å². The van der Waals surface area contributed by atoms with Crippen LogP contribution in [0.15, 0.2) is 50.7 Å². The average Bonchev–Trinajstić information content (AvgIpc) is 2.86. The number of benzene rings is 2. The lowest BCUT2D eigenvalue weighted by Gasteiger charge is -2.07. The topological polar surface area (TPSA) is 23.8 Å². The van der Waals surface area contributed by atoms with Crippen LogP contribution in [0.3, 0.4) is 0 Å². The van der Waals surface area contributed by atoms with Crippen molar-refractivity contribution in [1.29, 1.82) is 5.26 Å². The molecule has 0 atom stereocenters. The van der Waals surface area contributed by atoms with E-state index in [1.54, 1.807) is 11.8 Å². The highest BCUT2D eigenvalue weighted by Crippen LogP contribution is 2.35. The zero-order chi connectivity index (χ0) is 13.2. The maximum atomic E-state index is 9.24. The number of hydrogen-bond acceptors (Lipinski definition) is 2. The second-order valence-corrected chi connectivity index (χ2v) is 6.58. The van der Waals surface area contributed by atoms with Crippen LogP contribution in [0.1, 0.15) is 23.1 Å². The number of hydrogen-bond donors (Lipinski definition) is 0. The van der Waals surface area contributed by atoms with Crippen molar-refractivity contribution in [1.82, 2.24) is 0 Å². The molecular formula is C16H12BrNS. The molecule has 3 rings (SSSR count). The first-order valence-electron chi connectivity index (χ1n) is 6.26. The Labute approximate surface area is 125 Å². The smallest absolute Gasteiger partial charge is 0.102 e. The summed E-state index contributed by atoms with van der Waals surface area (Å²) in [5.41, 5.74) is 3.67. The van der Waals surface area contributed by atoms with E-state index in [1.807, 2.05) is 18.2 Å². The molecule has 1 aliphatic rings. The minimum atomic E-state index is 0.716. The van der Waals surface area contributed by atoms with Gasteiger partial charge in [0.15, 0.2) is 0 Å². The molecule has 0 heterocycles. The van der Waals surface area contributed by atoms with Crippen molar-refractivity contribution in [2.45, 2.75) is 29.1 Å². The third-order valence-electron chi connectivity index (χ3n) is 3.38. The van der Waals surface area contributed by atoms with Crippen molar-refractivity contribution < 1.29 is 0 Å². The Morgan fingerprint density at radius 1 is 1.11 bits per heavy atom. The molecule has 0 aliphatic heterocycles. The number of halogens is 1. The second kappa shape index (κ2) is 5.40. The summed E-state index contributed by atoms with van der Waals surface area (Å²) in [5, 5.41) is 9.24. The Hall–Kier alpha value is -1.24. The van der Waals surface area contributed by atoms with Gasteiger partial charge in [-0.15, -0.1) is 0 Å². The quantitative estimate of drug-likeness (QED) is 0.777. The molecule has 94 valence electrons. The maximum absolute atomic E-state index is 9.24. The molecule has 0 radical (unpaired) electrons. The molecule has 0 saturated carbocycles. The third kappa shape index (κ3) is 2.56. The molecule has 1 nitrogen and oxygen atoms in total. The molecule has 19 heavy (non-hydrogen) atoms. The van der Waals surface area contributed by atoms with Crippen LogP contribution in [0, 0.1) is 11.3 Å². The number of rotatable bonds is 2. The van der Waals surface area contributed by atoms with E-state index >= 15 is 0 Å². The summed E-state index contributed by atoms with van der Waals surface area (Å²) in [6.07, 6.45) is 3.66. The van der Waals surface area contributed by atoms with Crippen LogP contribution in [0.5, 0.6) is 0 Å². The standard InChI is InChI=1S/C16H12BrNS/c17-15-5-2-6-16(14(15)10-18)19-13-8-7-11-3-1-4-12(11)9-13/h2,5-9H,1,3-4H2. The van der Waals surface area contributed by atoms with E-state index in [1.165, 1.54) is 35.3 Å². The van der Waals surface area contributed by atoms with Gasteiger partial charge in [-0.05, 0) is 70.6 Å². The maximum Gasteiger partial charge on any atom is 0.102 e. The fourth-order valence-corrected chi connectivity index (χ4v) is 4.02. The van der Waals surface area contributed by atoms with Crippen LogP contribution in [-0.2, 0) is 12.8 Å². The zero-order valence-corrected chi connectivity index (χ0v) is 12.7. The third-order valence-corrected chi connectivity index (χ3v) is 5.10. The summed E-state index contributed by atoms with van der Waals surface area (Å²) >= 11 is 5.10. The monoisotopic (exact) mass is 329 g/mol. The normalized spacial score (nSPS) is 13.1. The van der Waals surface area contributed by atoms with Crippen LogP contribution in [-0.4, -0.2) is 0 Å².